The van der Waals surface area contributed by atoms with Crippen molar-refractivity contribution >= 4 is 17.7 Å². The number of alkyl carbamates (subject to hydrolysis) is 1. The lowest BCUT2D eigenvalue weighted by atomic mass is 10.0. The summed E-state index contributed by atoms with van der Waals surface area (Å²) in [4.78, 5) is 24.6. The minimum absolute atomic E-state index is 0.102. The van der Waals surface area contributed by atoms with Crippen LogP contribution in [-0.2, 0) is 4.74 Å². The van der Waals surface area contributed by atoms with E-state index >= 15 is 0 Å². The molecule has 1 aromatic heterocycles. The van der Waals surface area contributed by atoms with Gasteiger partial charge >= 0.3 is 6.09 Å². The van der Waals surface area contributed by atoms with Gasteiger partial charge in [-0.05, 0) is 63.8 Å². The van der Waals surface area contributed by atoms with Crippen LogP contribution in [0.2, 0.25) is 0 Å². The zero-order valence-electron chi connectivity index (χ0n) is 17.0. The summed E-state index contributed by atoms with van der Waals surface area (Å²) >= 11 is 0. The summed E-state index contributed by atoms with van der Waals surface area (Å²) in [5.74, 6) is 0.189. The topological polar surface area (TPSA) is 116 Å². The first-order valence-electron chi connectivity index (χ1n) is 9.82. The zero-order chi connectivity index (χ0) is 21.0. The average molecular weight is 400 g/mol. The van der Waals surface area contributed by atoms with E-state index in [2.05, 4.69) is 20.8 Å². The Labute approximate surface area is 170 Å². The van der Waals surface area contributed by atoms with Gasteiger partial charge in [0.2, 0.25) is 0 Å². The number of ether oxygens (including phenoxy) is 1. The molecule has 8 nitrogen and oxygen atoms in total. The standard InChI is InChI=1S/C21H28N4O4/c1-21(2,3)29-20(28)23-16(9-10-26)14-5-4-6-15(11-14)22-19(27)18-12-17(24-25-18)13-7-8-13/h4-6,11-13,16,26H,7-10H2,1-3H3,(H,22,27)(H,23,28)(H,24,25). The van der Waals surface area contributed by atoms with Gasteiger partial charge in [-0.3, -0.25) is 9.89 Å². The number of aliphatic hydroxyl groups is 1. The van der Waals surface area contributed by atoms with E-state index in [0.29, 0.717) is 23.7 Å². The molecule has 1 aliphatic rings. The molecule has 8 heteroatoms. The fourth-order valence-electron chi connectivity index (χ4n) is 2.97. The summed E-state index contributed by atoms with van der Waals surface area (Å²) in [6, 6.07) is 8.50. The molecule has 1 saturated carbocycles. The van der Waals surface area contributed by atoms with E-state index in [1.54, 1.807) is 45.0 Å². The van der Waals surface area contributed by atoms with Crippen molar-refractivity contribution in [3.8, 4) is 0 Å². The van der Waals surface area contributed by atoms with E-state index in [1.165, 1.54) is 0 Å². The highest BCUT2D eigenvalue weighted by Crippen LogP contribution is 2.39. The van der Waals surface area contributed by atoms with Gasteiger partial charge in [-0.2, -0.15) is 5.10 Å². The number of aromatic nitrogens is 2. The monoisotopic (exact) mass is 400 g/mol. The Hall–Kier alpha value is -2.87. The lowest BCUT2D eigenvalue weighted by Crippen LogP contribution is -2.35. The summed E-state index contributed by atoms with van der Waals surface area (Å²) in [6.07, 6.45) is 1.99. The molecule has 0 radical (unpaired) electrons. The molecule has 156 valence electrons. The van der Waals surface area contributed by atoms with E-state index in [-0.39, 0.29) is 12.5 Å². The second kappa shape index (κ2) is 8.65. The quantitative estimate of drug-likeness (QED) is 0.568. The zero-order valence-corrected chi connectivity index (χ0v) is 17.0. The molecule has 0 spiro atoms. The van der Waals surface area contributed by atoms with Gasteiger partial charge in [-0.25, -0.2) is 4.79 Å². The molecule has 1 heterocycles. The fourth-order valence-corrected chi connectivity index (χ4v) is 2.97. The van der Waals surface area contributed by atoms with E-state index in [9.17, 15) is 14.7 Å². The Morgan fingerprint density at radius 3 is 2.72 bits per heavy atom. The molecule has 2 amide bonds. The first-order valence-corrected chi connectivity index (χ1v) is 9.82. The van der Waals surface area contributed by atoms with Crippen molar-refractivity contribution in [1.29, 1.82) is 0 Å². The lowest BCUT2D eigenvalue weighted by molar-refractivity contribution is 0.0496. The summed E-state index contributed by atoms with van der Waals surface area (Å²) in [5, 5.41) is 22.0. The minimum atomic E-state index is -0.618. The molecule has 3 rings (SSSR count). The van der Waals surface area contributed by atoms with Gasteiger partial charge < -0.3 is 20.5 Å². The van der Waals surface area contributed by atoms with Gasteiger partial charge in [0.05, 0.1) is 11.7 Å². The number of carbonyl (C=O) groups excluding carboxylic acids is 2. The third kappa shape index (κ3) is 6.05. The van der Waals surface area contributed by atoms with Crippen molar-refractivity contribution < 1.29 is 19.4 Å². The van der Waals surface area contributed by atoms with Crippen LogP contribution in [-0.4, -0.2) is 39.5 Å². The van der Waals surface area contributed by atoms with Crippen LogP contribution in [0.5, 0.6) is 0 Å². The fraction of sp³-hybridized carbons (Fsp3) is 0.476. The number of hydrogen-bond acceptors (Lipinski definition) is 5. The smallest absolute Gasteiger partial charge is 0.408 e. The van der Waals surface area contributed by atoms with Crippen LogP contribution >= 0.6 is 0 Å². The lowest BCUT2D eigenvalue weighted by Gasteiger charge is -2.24. The third-order valence-corrected chi connectivity index (χ3v) is 4.49. The summed E-state index contributed by atoms with van der Waals surface area (Å²) < 4.78 is 5.30. The predicted octanol–water partition coefficient (Wildman–Crippen LogP) is 3.49. The molecule has 0 bridgehead atoms. The highest BCUT2D eigenvalue weighted by atomic mass is 16.6. The Kier molecular flexibility index (Phi) is 6.22. The molecule has 29 heavy (non-hydrogen) atoms. The predicted molar refractivity (Wildman–Crippen MR) is 109 cm³/mol. The maximum absolute atomic E-state index is 12.5. The molecular formula is C21H28N4O4. The van der Waals surface area contributed by atoms with Crippen LogP contribution < -0.4 is 10.6 Å². The summed E-state index contributed by atoms with van der Waals surface area (Å²) in [5.41, 5.74) is 2.06. The largest absolute Gasteiger partial charge is 0.444 e. The number of anilines is 1. The first-order chi connectivity index (χ1) is 13.7. The molecule has 0 saturated heterocycles. The molecule has 1 fully saturated rings. The molecule has 1 aliphatic carbocycles. The maximum Gasteiger partial charge on any atom is 0.408 e. The SMILES string of the molecule is CC(C)(C)OC(=O)NC(CCO)c1cccc(NC(=O)c2cc(C3CC3)n[nH]2)c1. The normalized spacial score (nSPS) is 14.9. The molecule has 0 aliphatic heterocycles. The van der Waals surface area contributed by atoms with Crippen molar-refractivity contribution in [2.45, 2.75) is 57.6 Å². The van der Waals surface area contributed by atoms with Gasteiger partial charge in [0.1, 0.15) is 11.3 Å². The molecule has 1 aromatic carbocycles. The second-order valence-electron chi connectivity index (χ2n) is 8.27. The van der Waals surface area contributed by atoms with Gasteiger partial charge in [-0.15, -0.1) is 0 Å². The van der Waals surface area contributed by atoms with E-state index in [1.807, 2.05) is 6.07 Å². The van der Waals surface area contributed by atoms with Crippen LogP contribution in [0.4, 0.5) is 10.5 Å². The van der Waals surface area contributed by atoms with Crippen molar-refractivity contribution in [3.05, 3.63) is 47.3 Å². The maximum atomic E-state index is 12.5. The molecular weight excluding hydrogens is 372 g/mol. The number of hydrogen-bond donors (Lipinski definition) is 4. The highest BCUT2D eigenvalue weighted by Gasteiger charge is 2.27. The molecule has 4 N–H and O–H groups in total. The van der Waals surface area contributed by atoms with Gasteiger partial charge in [0.15, 0.2) is 0 Å². The van der Waals surface area contributed by atoms with Crippen molar-refractivity contribution in [2.75, 3.05) is 11.9 Å². The van der Waals surface area contributed by atoms with E-state index in [0.717, 1.165) is 24.1 Å². The van der Waals surface area contributed by atoms with Crippen LogP contribution in [0.3, 0.4) is 0 Å². The number of nitrogens with one attached hydrogen (secondary N) is 3. The van der Waals surface area contributed by atoms with Crippen molar-refractivity contribution in [2.24, 2.45) is 0 Å². The van der Waals surface area contributed by atoms with Crippen molar-refractivity contribution in [3.63, 3.8) is 0 Å². The summed E-state index contributed by atoms with van der Waals surface area (Å²) in [7, 11) is 0. The van der Waals surface area contributed by atoms with Gasteiger partial charge in [0.25, 0.3) is 5.91 Å². The Bertz CT molecular complexity index is 868. The van der Waals surface area contributed by atoms with Gasteiger partial charge in [-0.1, -0.05) is 12.1 Å². The number of rotatable bonds is 7. The Morgan fingerprint density at radius 1 is 1.31 bits per heavy atom. The molecule has 1 unspecified atom stereocenters. The van der Waals surface area contributed by atoms with Crippen LogP contribution in [0.25, 0.3) is 0 Å². The van der Waals surface area contributed by atoms with Crippen LogP contribution in [0, 0.1) is 0 Å². The number of amides is 2. The number of aliphatic hydroxyl groups excluding tert-OH is 1. The Morgan fingerprint density at radius 2 is 2.07 bits per heavy atom. The number of benzene rings is 1. The third-order valence-electron chi connectivity index (χ3n) is 4.49. The molecule has 2 aromatic rings. The minimum Gasteiger partial charge on any atom is -0.444 e. The number of H-pyrrole nitrogens is 1. The Balaban J connectivity index is 1.68. The van der Waals surface area contributed by atoms with Crippen LogP contribution in [0.15, 0.2) is 30.3 Å². The number of carbonyl (C=O) groups is 2. The van der Waals surface area contributed by atoms with Crippen molar-refractivity contribution in [1.82, 2.24) is 15.5 Å². The van der Waals surface area contributed by atoms with E-state index in [4.69, 9.17) is 4.74 Å². The second-order valence-corrected chi connectivity index (χ2v) is 8.27. The summed E-state index contributed by atoms with van der Waals surface area (Å²) in [6.45, 7) is 5.25. The van der Waals surface area contributed by atoms with E-state index < -0.39 is 17.7 Å². The first kappa shape index (κ1) is 20.9. The highest BCUT2D eigenvalue weighted by molar-refractivity contribution is 6.03. The number of nitrogens with zero attached hydrogens (tertiary/aromatic N) is 1. The van der Waals surface area contributed by atoms with Gasteiger partial charge in [0, 0.05) is 18.2 Å². The number of aromatic amines is 1. The van der Waals surface area contributed by atoms with Crippen LogP contribution in [0.1, 0.15) is 73.7 Å². The molecule has 1 atom stereocenters. The average Bonchev–Trinajstić information content (AvgIpc) is 3.36.